The number of aryl methyl sites for hydroxylation is 1. The van der Waals surface area contributed by atoms with E-state index in [1.165, 1.54) is 4.31 Å². The van der Waals surface area contributed by atoms with Crippen LogP contribution in [0.5, 0.6) is 0 Å². The van der Waals surface area contributed by atoms with Gasteiger partial charge in [0.2, 0.25) is 10.0 Å². The largest absolute Gasteiger partial charge is 0.379 e. The highest BCUT2D eigenvalue weighted by molar-refractivity contribution is 7.89. The fraction of sp³-hybridized carbons (Fsp3) is 0.400. The summed E-state index contributed by atoms with van der Waals surface area (Å²) in [5, 5.41) is 7.06. The second-order valence-electron chi connectivity index (χ2n) is 5.42. The van der Waals surface area contributed by atoms with Crippen molar-refractivity contribution in [3.63, 3.8) is 0 Å². The van der Waals surface area contributed by atoms with Gasteiger partial charge in [-0.1, -0.05) is 5.16 Å². The maximum atomic E-state index is 12.4. The number of hydrogen-bond donors (Lipinski definition) is 1. The molecule has 6 nitrogen and oxygen atoms in total. The van der Waals surface area contributed by atoms with Gasteiger partial charge >= 0.3 is 0 Å². The molecule has 1 aromatic heterocycles. The molecular weight excluding hydrogens is 302 g/mol. The maximum absolute atomic E-state index is 12.4. The van der Waals surface area contributed by atoms with E-state index >= 15 is 0 Å². The number of nitrogens with zero attached hydrogens (tertiary/aromatic N) is 2. The third-order valence-electron chi connectivity index (χ3n) is 3.41. The number of benzene rings is 1. The quantitative estimate of drug-likeness (QED) is 0.884. The normalized spacial score (nSPS) is 12.1. The molecule has 2 aromatic rings. The van der Waals surface area contributed by atoms with Crippen molar-refractivity contribution in [3.8, 4) is 0 Å². The summed E-state index contributed by atoms with van der Waals surface area (Å²) in [7, 11) is -1.86. The molecule has 120 valence electrons. The fourth-order valence-electron chi connectivity index (χ4n) is 1.88. The van der Waals surface area contributed by atoms with Gasteiger partial charge in [0.25, 0.3) is 0 Å². The summed E-state index contributed by atoms with van der Waals surface area (Å²) in [4.78, 5) is 0.284. The molecule has 0 fully saturated rings. The van der Waals surface area contributed by atoms with Gasteiger partial charge < -0.3 is 9.84 Å². The van der Waals surface area contributed by atoms with Gasteiger partial charge in [-0.15, -0.1) is 0 Å². The van der Waals surface area contributed by atoms with E-state index in [-0.39, 0.29) is 10.9 Å². The molecule has 1 aromatic carbocycles. The summed E-state index contributed by atoms with van der Waals surface area (Å²) in [6.07, 6.45) is 0. The summed E-state index contributed by atoms with van der Waals surface area (Å²) < 4.78 is 31.0. The molecule has 1 N–H and O–H groups in total. The van der Waals surface area contributed by atoms with Gasteiger partial charge in [-0.05, 0) is 45.0 Å². The predicted octanol–water partition coefficient (Wildman–Crippen LogP) is 2.62. The first-order chi connectivity index (χ1) is 10.3. The molecule has 0 aliphatic carbocycles. The topological polar surface area (TPSA) is 75.4 Å². The van der Waals surface area contributed by atoms with Crippen molar-refractivity contribution >= 4 is 15.7 Å². The highest BCUT2D eigenvalue weighted by Crippen LogP contribution is 2.19. The monoisotopic (exact) mass is 323 g/mol. The lowest BCUT2D eigenvalue weighted by Crippen LogP contribution is -2.33. The Labute approximate surface area is 131 Å². The maximum Gasteiger partial charge on any atom is 0.243 e. The average molecular weight is 323 g/mol. The molecule has 0 radical (unpaired) electrons. The van der Waals surface area contributed by atoms with Crippen LogP contribution in [0.25, 0.3) is 0 Å². The highest BCUT2D eigenvalue weighted by Gasteiger charge is 2.22. The van der Waals surface area contributed by atoms with E-state index in [0.717, 1.165) is 17.1 Å². The molecule has 0 bridgehead atoms. The Morgan fingerprint density at radius 2 is 1.91 bits per heavy atom. The molecule has 0 spiro atoms. The van der Waals surface area contributed by atoms with E-state index in [1.807, 2.05) is 26.8 Å². The second-order valence-corrected chi connectivity index (χ2v) is 7.42. The van der Waals surface area contributed by atoms with Crippen LogP contribution in [0.1, 0.15) is 25.3 Å². The third-order valence-corrected chi connectivity index (χ3v) is 5.46. The van der Waals surface area contributed by atoms with E-state index in [4.69, 9.17) is 4.52 Å². The number of sulfonamides is 1. The van der Waals surface area contributed by atoms with Gasteiger partial charge in [0, 0.05) is 24.8 Å². The van der Waals surface area contributed by atoms with Crippen molar-refractivity contribution in [1.82, 2.24) is 9.46 Å². The first kappa shape index (κ1) is 16.5. The Kier molecular flexibility index (Phi) is 4.87. The Balaban J connectivity index is 2.07. The van der Waals surface area contributed by atoms with Crippen LogP contribution in [-0.4, -0.2) is 31.0 Å². The molecule has 0 saturated carbocycles. The second kappa shape index (κ2) is 6.50. The molecule has 1 heterocycles. The molecule has 0 aliphatic rings. The van der Waals surface area contributed by atoms with Gasteiger partial charge in [-0.2, -0.15) is 4.31 Å². The van der Waals surface area contributed by atoms with E-state index in [2.05, 4.69) is 10.5 Å². The summed E-state index contributed by atoms with van der Waals surface area (Å²) in [6.45, 7) is 6.04. The first-order valence-corrected chi connectivity index (χ1v) is 8.49. The van der Waals surface area contributed by atoms with Crippen molar-refractivity contribution in [3.05, 3.63) is 41.8 Å². The van der Waals surface area contributed by atoms with Crippen LogP contribution in [-0.2, 0) is 16.6 Å². The molecule has 22 heavy (non-hydrogen) atoms. The fourth-order valence-corrected chi connectivity index (χ4v) is 3.25. The van der Waals surface area contributed by atoms with E-state index in [9.17, 15) is 8.42 Å². The Morgan fingerprint density at radius 3 is 2.41 bits per heavy atom. The van der Waals surface area contributed by atoms with Crippen LogP contribution in [0.4, 0.5) is 5.69 Å². The lowest BCUT2D eigenvalue weighted by molar-refractivity contribution is 0.391. The van der Waals surface area contributed by atoms with Crippen LogP contribution in [0, 0.1) is 6.92 Å². The van der Waals surface area contributed by atoms with E-state index < -0.39 is 10.0 Å². The molecule has 7 heteroatoms. The Morgan fingerprint density at radius 1 is 1.27 bits per heavy atom. The number of nitrogens with one attached hydrogen (secondary N) is 1. The van der Waals surface area contributed by atoms with Gasteiger partial charge in [-0.25, -0.2) is 8.42 Å². The number of hydrogen-bond acceptors (Lipinski definition) is 5. The zero-order chi connectivity index (χ0) is 16.3. The summed E-state index contributed by atoms with van der Waals surface area (Å²) in [5.74, 6) is 0.759. The SMILES string of the molecule is Cc1cc(CNc2ccc(S(=O)(=O)N(C)C(C)C)cc2)no1. The molecule has 0 atom stereocenters. The van der Waals surface area contributed by atoms with Gasteiger partial charge in [-0.3, -0.25) is 0 Å². The van der Waals surface area contributed by atoms with Gasteiger partial charge in [0.15, 0.2) is 0 Å². The van der Waals surface area contributed by atoms with Crippen molar-refractivity contribution in [2.24, 2.45) is 0 Å². The molecule has 0 saturated heterocycles. The number of aromatic nitrogens is 1. The summed E-state index contributed by atoms with van der Waals surface area (Å²) >= 11 is 0. The highest BCUT2D eigenvalue weighted by atomic mass is 32.2. The van der Waals surface area contributed by atoms with Crippen molar-refractivity contribution in [2.45, 2.75) is 38.3 Å². The number of anilines is 1. The van der Waals surface area contributed by atoms with Crippen LogP contribution in [0.15, 0.2) is 39.8 Å². The van der Waals surface area contributed by atoms with Crippen LogP contribution < -0.4 is 5.32 Å². The van der Waals surface area contributed by atoms with Crippen LogP contribution >= 0.6 is 0 Å². The Bertz CT molecular complexity index is 721. The Hall–Kier alpha value is -1.86. The molecule has 0 aliphatic heterocycles. The smallest absolute Gasteiger partial charge is 0.243 e. The zero-order valence-electron chi connectivity index (χ0n) is 13.2. The molecular formula is C15H21N3O3S. The summed E-state index contributed by atoms with van der Waals surface area (Å²) in [5.41, 5.74) is 1.63. The minimum absolute atomic E-state index is 0.0850. The van der Waals surface area contributed by atoms with Gasteiger partial charge in [0.05, 0.1) is 11.4 Å². The molecule has 2 rings (SSSR count). The minimum Gasteiger partial charge on any atom is -0.379 e. The van der Waals surface area contributed by atoms with Crippen molar-refractivity contribution < 1.29 is 12.9 Å². The minimum atomic E-state index is -3.44. The van der Waals surface area contributed by atoms with Crippen molar-refractivity contribution in [1.29, 1.82) is 0 Å². The average Bonchev–Trinajstić information content (AvgIpc) is 2.90. The van der Waals surface area contributed by atoms with E-state index in [1.54, 1.807) is 31.3 Å². The molecule has 0 unspecified atom stereocenters. The summed E-state index contributed by atoms with van der Waals surface area (Å²) in [6, 6.07) is 8.46. The molecule has 0 amide bonds. The lowest BCUT2D eigenvalue weighted by Gasteiger charge is -2.21. The predicted molar refractivity (Wildman–Crippen MR) is 85.1 cm³/mol. The van der Waals surface area contributed by atoms with Gasteiger partial charge in [0.1, 0.15) is 11.5 Å². The van der Waals surface area contributed by atoms with Crippen LogP contribution in [0.3, 0.4) is 0 Å². The third kappa shape index (κ3) is 3.66. The lowest BCUT2D eigenvalue weighted by atomic mass is 10.3. The van der Waals surface area contributed by atoms with E-state index in [0.29, 0.717) is 6.54 Å². The standard InChI is InChI=1S/C15H21N3O3S/c1-11(2)18(4)22(19,20)15-7-5-13(6-8-15)16-10-14-9-12(3)21-17-14/h5-9,11,16H,10H2,1-4H3. The van der Waals surface area contributed by atoms with Crippen LogP contribution in [0.2, 0.25) is 0 Å². The van der Waals surface area contributed by atoms with Crippen molar-refractivity contribution in [2.75, 3.05) is 12.4 Å². The zero-order valence-corrected chi connectivity index (χ0v) is 14.0. The first-order valence-electron chi connectivity index (χ1n) is 7.05. The number of rotatable bonds is 6.